The van der Waals surface area contributed by atoms with Crippen LogP contribution < -0.4 is 5.32 Å². The monoisotopic (exact) mass is 391 g/mol. The van der Waals surface area contributed by atoms with Crippen LogP contribution in [0.4, 0.5) is 16.0 Å². The second-order valence-electron chi connectivity index (χ2n) is 6.21. The molecule has 0 saturated carbocycles. The summed E-state index contributed by atoms with van der Waals surface area (Å²) in [5.41, 5.74) is 2.87. The topological polar surface area (TPSA) is 66.5 Å². The maximum absolute atomic E-state index is 13.0. The molecule has 0 aliphatic carbocycles. The third kappa shape index (κ3) is 4.55. The van der Waals surface area contributed by atoms with Crippen molar-refractivity contribution >= 4 is 23.4 Å². The van der Waals surface area contributed by atoms with Gasteiger partial charge < -0.3 is 5.32 Å². The lowest BCUT2D eigenvalue weighted by molar-refractivity contribution is 0.626. The van der Waals surface area contributed by atoms with Gasteiger partial charge in [0.15, 0.2) is 5.82 Å². The van der Waals surface area contributed by atoms with E-state index in [4.69, 9.17) is 0 Å². The van der Waals surface area contributed by atoms with Crippen LogP contribution in [-0.2, 0) is 5.75 Å². The number of anilines is 2. The molecule has 2 aromatic heterocycles. The van der Waals surface area contributed by atoms with Gasteiger partial charge in [0, 0.05) is 22.7 Å². The van der Waals surface area contributed by atoms with Gasteiger partial charge >= 0.3 is 0 Å². The minimum Gasteiger partial charge on any atom is -0.323 e. The van der Waals surface area contributed by atoms with Gasteiger partial charge in [-0.05, 0) is 36.8 Å². The van der Waals surface area contributed by atoms with Crippen molar-refractivity contribution in [1.82, 2.24) is 20.2 Å². The third-order valence-corrected chi connectivity index (χ3v) is 5.01. The Balaban J connectivity index is 1.46. The number of nitrogens with one attached hydrogen (secondary N) is 2. The van der Waals surface area contributed by atoms with Crippen molar-refractivity contribution in [2.45, 2.75) is 17.6 Å². The Morgan fingerprint density at radius 2 is 1.75 bits per heavy atom. The molecule has 0 aliphatic rings. The number of aryl methyl sites for hydroxylation is 1. The molecule has 0 saturated heterocycles. The Labute approximate surface area is 166 Å². The maximum Gasteiger partial charge on any atom is 0.153 e. The van der Waals surface area contributed by atoms with E-state index >= 15 is 0 Å². The van der Waals surface area contributed by atoms with E-state index in [1.54, 1.807) is 23.9 Å². The number of hydrogen-bond acceptors (Lipinski definition) is 5. The smallest absolute Gasteiger partial charge is 0.153 e. The molecule has 0 bridgehead atoms. The molecule has 140 valence electrons. The summed E-state index contributed by atoms with van der Waals surface area (Å²) in [6, 6.07) is 20.2. The van der Waals surface area contributed by atoms with E-state index in [0.29, 0.717) is 23.2 Å². The van der Waals surface area contributed by atoms with E-state index in [9.17, 15) is 4.39 Å². The van der Waals surface area contributed by atoms with Crippen LogP contribution in [0.5, 0.6) is 0 Å². The molecule has 2 heterocycles. The lowest BCUT2D eigenvalue weighted by Gasteiger charge is -2.07. The fraction of sp³-hybridized carbons (Fsp3) is 0.0952. The number of aromatic nitrogens is 4. The first kappa shape index (κ1) is 18.2. The van der Waals surface area contributed by atoms with Crippen molar-refractivity contribution in [2.75, 3.05) is 5.32 Å². The Kier molecular flexibility index (Phi) is 5.34. The molecular weight excluding hydrogens is 373 g/mol. The van der Waals surface area contributed by atoms with Gasteiger partial charge in [-0.2, -0.15) is 5.10 Å². The van der Waals surface area contributed by atoms with Gasteiger partial charge in [-0.25, -0.2) is 14.4 Å². The molecule has 7 heteroatoms. The molecule has 0 amide bonds. The summed E-state index contributed by atoms with van der Waals surface area (Å²) < 4.78 is 13.0. The van der Waals surface area contributed by atoms with Gasteiger partial charge in [-0.1, -0.05) is 30.3 Å². The number of halogens is 1. The van der Waals surface area contributed by atoms with Crippen LogP contribution in [-0.4, -0.2) is 20.2 Å². The van der Waals surface area contributed by atoms with E-state index in [0.717, 1.165) is 21.8 Å². The predicted molar refractivity (Wildman–Crippen MR) is 110 cm³/mol. The van der Waals surface area contributed by atoms with E-state index in [1.165, 1.54) is 12.1 Å². The van der Waals surface area contributed by atoms with Gasteiger partial charge in [0.1, 0.15) is 17.5 Å². The van der Waals surface area contributed by atoms with Crippen LogP contribution in [0.15, 0.2) is 71.6 Å². The summed E-state index contributed by atoms with van der Waals surface area (Å²) in [7, 11) is 0. The van der Waals surface area contributed by atoms with Gasteiger partial charge in [0.25, 0.3) is 0 Å². The Morgan fingerprint density at radius 1 is 0.964 bits per heavy atom. The van der Waals surface area contributed by atoms with Crippen LogP contribution in [0.2, 0.25) is 0 Å². The standard InChI is InChI=1S/C21H18FN5S/c1-14-11-19(24-20-12-18(26-27-20)15-5-3-2-4-6-15)25-21(23-14)13-28-17-9-7-16(22)8-10-17/h2-12H,13H2,1H3,(H2,23,24,25,26,27). The Bertz CT molecular complexity index is 1060. The number of rotatable bonds is 6. The van der Waals surface area contributed by atoms with Gasteiger partial charge in [-0.3, -0.25) is 5.10 Å². The average Bonchev–Trinajstić information content (AvgIpc) is 3.16. The first-order valence-electron chi connectivity index (χ1n) is 8.76. The average molecular weight is 391 g/mol. The second kappa shape index (κ2) is 8.22. The molecule has 5 nitrogen and oxygen atoms in total. The molecule has 0 atom stereocenters. The van der Waals surface area contributed by atoms with Crippen molar-refractivity contribution in [3.05, 3.63) is 84.1 Å². The lowest BCUT2D eigenvalue weighted by Crippen LogP contribution is -2.01. The number of H-pyrrole nitrogens is 1. The zero-order valence-electron chi connectivity index (χ0n) is 15.2. The van der Waals surface area contributed by atoms with Crippen LogP contribution in [0.1, 0.15) is 11.5 Å². The van der Waals surface area contributed by atoms with E-state index in [-0.39, 0.29) is 5.82 Å². The number of hydrogen-bond donors (Lipinski definition) is 2. The summed E-state index contributed by atoms with van der Waals surface area (Å²) in [5.74, 6) is 2.44. The molecule has 0 fully saturated rings. The summed E-state index contributed by atoms with van der Waals surface area (Å²) in [5, 5.41) is 10.6. The molecule has 0 spiro atoms. The number of thioether (sulfide) groups is 1. The molecule has 0 radical (unpaired) electrons. The Hall–Kier alpha value is -3.19. The van der Waals surface area contributed by atoms with Crippen molar-refractivity contribution < 1.29 is 4.39 Å². The SMILES string of the molecule is Cc1cc(Nc2cc(-c3ccccc3)[nH]n2)nc(CSc2ccc(F)cc2)n1. The van der Waals surface area contributed by atoms with Crippen LogP contribution in [0, 0.1) is 12.7 Å². The normalized spacial score (nSPS) is 10.8. The van der Waals surface area contributed by atoms with Crippen molar-refractivity contribution in [3.8, 4) is 11.3 Å². The van der Waals surface area contributed by atoms with Crippen molar-refractivity contribution in [2.24, 2.45) is 0 Å². The summed E-state index contributed by atoms with van der Waals surface area (Å²) in [6.45, 7) is 1.93. The minimum absolute atomic E-state index is 0.239. The fourth-order valence-corrected chi connectivity index (χ4v) is 3.47. The summed E-state index contributed by atoms with van der Waals surface area (Å²) >= 11 is 1.57. The first-order chi connectivity index (χ1) is 13.7. The minimum atomic E-state index is -0.239. The van der Waals surface area contributed by atoms with Crippen LogP contribution in [0.25, 0.3) is 11.3 Å². The quantitative estimate of drug-likeness (QED) is 0.434. The van der Waals surface area contributed by atoms with Crippen LogP contribution in [0.3, 0.4) is 0 Å². The zero-order chi connectivity index (χ0) is 19.3. The van der Waals surface area contributed by atoms with E-state index < -0.39 is 0 Å². The first-order valence-corrected chi connectivity index (χ1v) is 9.75. The number of aromatic amines is 1. The molecule has 2 aromatic carbocycles. The zero-order valence-corrected chi connectivity index (χ0v) is 16.0. The van der Waals surface area contributed by atoms with Crippen molar-refractivity contribution in [1.29, 1.82) is 0 Å². The molecule has 2 N–H and O–H groups in total. The predicted octanol–water partition coefficient (Wildman–Crippen LogP) is 5.35. The Morgan fingerprint density at radius 3 is 2.54 bits per heavy atom. The number of nitrogens with zero attached hydrogens (tertiary/aromatic N) is 3. The molecule has 0 aliphatic heterocycles. The highest BCUT2D eigenvalue weighted by Crippen LogP contribution is 2.24. The van der Waals surface area contributed by atoms with Gasteiger partial charge in [0.2, 0.25) is 0 Å². The highest BCUT2D eigenvalue weighted by atomic mass is 32.2. The summed E-state index contributed by atoms with van der Waals surface area (Å²) in [6.07, 6.45) is 0. The number of benzene rings is 2. The second-order valence-corrected chi connectivity index (χ2v) is 7.26. The van der Waals surface area contributed by atoms with Crippen LogP contribution >= 0.6 is 11.8 Å². The fourth-order valence-electron chi connectivity index (χ4n) is 2.72. The summed E-state index contributed by atoms with van der Waals surface area (Å²) in [4.78, 5) is 10.0. The van der Waals surface area contributed by atoms with E-state index in [2.05, 4.69) is 25.5 Å². The van der Waals surface area contributed by atoms with Crippen molar-refractivity contribution in [3.63, 3.8) is 0 Å². The molecule has 4 aromatic rings. The largest absolute Gasteiger partial charge is 0.323 e. The highest BCUT2D eigenvalue weighted by Gasteiger charge is 2.07. The molecule has 0 unspecified atom stereocenters. The van der Waals surface area contributed by atoms with E-state index in [1.807, 2.05) is 49.4 Å². The molecule has 4 rings (SSSR count). The molecule has 28 heavy (non-hydrogen) atoms. The lowest BCUT2D eigenvalue weighted by atomic mass is 10.2. The molecular formula is C21H18FN5S. The third-order valence-electron chi connectivity index (χ3n) is 4.00. The maximum atomic E-state index is 13.0. The van der Waals surface area contributed by atoms with Gasteiger partial charge in [0.05, 0.1) is 11.4 Å². The van der Waals surface area contributed by atoms with Gasteiger partial charge in [-0.15, -0.1) is 11.8 Å². The highest BCUT2D eigenvalue weighted by molar-refractivity contribution is 7.98.